The van der Waals surface area contributed by atoms with Crippen molar-refractivity contribution in [3.05, 3.63) is 15.4 Å². The quantitative estimate of drug-likeness (QED) is 0.424. The average Bonchev–Trinajstić information content (AvgIpc) is 2.20. The van der Waals surface area contributed by atoms with Gasteiger partial charge in [-0.15, -0.1) is 10.2 Å². The lowest BCUT2D eigenvalue weighted by molar-refractivity contribution is 0.569. The molecule has 0 atom stereocenters. The molecule has 0 amide bonds. The van der Waals surface area contributed by atoms with Crippen LogP contribution < -0.4 is 0 Å². The van der Waals surface area contributed by atoms with E-state index in [9.17, 15) is 0 Å². The van der Waals surface area contributed by atoms with Gasteiger partial charge in [0, 0.05) is 0 Å². The van der Waals surface area contributed by atoms with Crippen molar-refractivity contribution in [1.82, 2.24) is 10.2 Å². The predicted molar refractivity (Wildman–Crippen MR) is 34.0 cm³/mol. The Morgan fingerprint density at radius 2 is 2.44 bits per heavy atom. The van der Waals surface area contributed by atoms with Crippen molar-refractivity contribution in [3.8, 4) is 0 Å². The summed E-state index contributed by atoms with van der Waals surface area (Å²) in [6.07, 6.45) is 0.500. The number of nitrogens with zero attached hydrogens (tertiary/aromatic N) is 3. The van der Waals surface area contributed by atoms with E-state index >= 15 is 0 Å². The van der Waals surface area contributed by atoms with E-state index in [-0.39, 0.29) is 0 Å². The predicted octanol–water partition coefficient (Wildman–Crippen LogP) is 1.08. The van der Waals surface area contributed by atoms with Crippen molar-refractivity contribution in [3.63, 3.8) is 0 Å². The van der Waals surface area contributed by atoms with Crippen LogP contribution in [0.25, 0.3) is 5.41 Å². The number of isocyanates is 1. The second-order valence-electron chi connectivity index (χ2n) is 0.783. The molecule has 48 valence electrons. The lowest BCUT2D eigenvalue weighted by Crippen LogP contribution is -1.58. The average molecular weight is 163 g/mol. The van der Waals surface area contributed by atoms with E-state index in [4.69, 9.17) is 21.8 Å². The fourth-order valence-corrected chi connectivity index (χ4v) is 0.598. The highest BCUT2D eigenvalue weighted by Crippen LogP contribution is 2.06. The zero-order valence-electron chi connectivity index (χ0n) is 4.11. The number of carbonyl (C=O) groups excluding carboxylic acids is 1. The highest BCUT2D eigenvalue weighted by Gasteiger charge is 1.81. The number of aromatic nitrogens is 2. The minimum absolute atomic E-state index is 0.495. The smallest absolute Gasteiger partial charge is 0.207 e. The van der Waals surface area contributed by atoms with Gasteiger partial charge < -0.3 is 5.41 Å². The van der Waals surface area contributed by atoms with Crippen molar-refractivity contribution in [2.45, 2.75) is 0 Å². The van der Waals surface area contributed by atoms with Gasteiger partial charge in [0.25, 0.3) is 0 Å². The van der Waals surface area contributed by atoms with Gasteiger partial charge in [-0.05, 0) is 17.7 Å². The maximum Gasteiger partial charge on any atom is 0.207 e. The van der Waals surface area contributed by atoms with Crippen LogP contribution >= 0.6 is 22.9 Å². The molecule has 0 saturated carbocycles. The van der Waals surface area contributed by atoms with E-state index in [1.807, 2.05) is 0 Å². The first-order valence-electron chi connectivity index (χ1n) is 1.74. The maximum atomic E-state index is 8.24. The number of halogens is 1. The standard InChI is InChI=1S/C2HClN2S.CNO/c3-2-5-4-1-6-2;2-1-3/h1H;/q;-1. The molecule has 6 heteroatoms. The summed E-state index contributed by atoms with van der Waals surface area (Å²) in [6.45, 7) is 0. The molecule has 1 aromatic rings. The largest absolute Gasteiger partial charge is 0.724 e. The van der Waals surface area contributed by atoms with E-state index < -0.39 is 0 Å². The number of hydrogen-bond acceptors (Lipinski definition) is 4. The summed E-state index contributed by atoms with van der Waals surface area (Å²) in [4.78, 5) is 8.24. The van der Waals surface area contributed by atoms with Crippen molar-refractivity contribution in [2.75, 3.05) is 0 Å². The summed E-state index contributed by atoms with van der Waals surface area (Å²) >= 11 is 6.62. The summed E-state index contributed by atoms with van der Waals surface area (Å²) in [5.74, 6) is 0. The molecule has 9 heavy (non-hydrogen) atoms. The molecule has 0 aliphatic carbocycles. The van der Waals surface area contributed by atoms with Gasteiger partial charge in [0.1, 0.15) is 5.51 Å². The van der Waals surface area contributed by atoms with Crippen LogP contribution in [0.4, 0.5) is 0 Å². The molecule has 0 spiro atoms. The molecule has 0 radical (unpaired) electrons. The van der Waals surface area contributed by atoms with E-state index in [2.05, 4.69) is 10.2 Å². The Hall–Kier alpha value is -0.770. The molecule has 0 fully saturated rings. The topological polar surface area (TPSA) is 65.2 Å². The van der Waals surface area contributed by atoms with Crippen LogP contribution in [0, 0.1) is 0 Å². The summed E-state index contributed by atoms with van der Waals surface area (Å²) in [6, 6.07) is 0. The molecule has 0 unspecified atom stereocenters. The first-order valence-corrected chi connectivity index (χ1v) is 3.00. The third kappa shape index (κ3) is 5.10. The minimum Gasteiger partial charge on any atom is -0.724 e. The molecule has 1 rings (SSSR count). The fourth-order valence-electron chi connectivity index (χ4n) is 0.160. The Kier molecular flexibility index (Phi) is 4.91. The van der Waals surface area contributed by atoms with Gasteiger partial charge in [-0.3, -0.25) is 4.79 Å². The normalized spacial score (nSPS) is 6.78. The summed E-state index contributed by atoms with van der Waals surface area (Å²) in [5, 5.41) is 13.7. The molecular formula is C3HClN3OS-. The highest BCUT2D eigenvalue weighted by molar-refractivity contribution is 7.13. The van der Waals surface area contributed by atoms with Gasteiger partial charge in [-0.25, -0.2) is 0 Å². The molecule has 1 heterocycles. The molecule has 4 nitrogen and oxygen atoms in total. The van der Waals surface area contributed by atoms with Crippen LogP contribution in [0.5, 0.6) is 0 Å². The number of hydrogen-bond donors (Lipinski definition) is 0. The molecule has 0 aromatic carbocycles. The van der Waals surface area contributed by atoms with Gasteiger partial charge in [-0.2, -0.15) is 0 Å². The van der Waals surface area contributed by atoms with Gasteiger partial charge in [0.2, 0.25) is 4.47 Å². The van der Waals surface area contributed by atoms with E-state index in [1.165, 1.54) is 11.3 Å². The third-order valence-electron chi connectivity index (χ3n) is 0.333. The van der Waals surface area contributed by atoms with Crippen molar-refractivity contribution in [1.29, 1.82) is 0 Å². The van der Waals surface area contributed by atoms with Crippen molar-refractivity contribution in [2.24, 2.45) is 0 Å². The molecule has 0 bridgehead atoms. The number of rotatable bonds is 0. The van der Waals surface area contributed by atoms with Crippen LogP contribution in [0.15, 0.2) is 5.51 Å². The summed E-state index contributed by atoms with van der Waals surface area (Å²) in [5.41, 5.74) is 1.59. The zero-order chi connectivity index (χ0) is 7.11. The second-order valence-corrected chi connectivity index (χ2v) is 2.20. The first-order chi connectivity index (χ1) is 4.31. The Bertz CT molecular complexity index is 181. The van der Waals surface area contributed by atoms with Crippen LogP contribution in [0.2, 0.25) is 4.47 Å². The molecular weight excluding hydrogens is 162 g/mol. The SMILES string of the molecule is Clc1nncs1.[N-]=C=O. The van der Waals surface area contributed by atoms with Gasteiger partial charge in [-0.1, -0.05) is 11.3 Å². The van der Waals surface area contributed by atoms with Gasteiger partial charge in [0.15, 0.2) is 0 Å². The summed E-state index contributed by atoms with van der Waals surface area (Å²) in [7, 11) is 0. The van der Waals surface area contributed by atoms with Crippen LogP contribution in [0.1, 0.15) is 0 Å². The Morgan fingerprint density at radius 1 is 1.89 bits per heavy atom. The highest BCUT2D eigenvalue weighted by atomic mass is 35.5. The molecule has 0 aliphatic heterocycles. The molecule has 0 aliphatic rings. The van der Waals surface area contributed by atoms with Crippen LogP contribution in [-0.2, 0) is 4.79 Å². The Labute approximate surface area is 60.0 Å². The molecule has 0 N–H and O–H groups in total. The Balaban J connectivity index is 0.000000187. The second kappa shape index (κ2) is 5.37. The summed E-state index contributed by atoms with van der Waals surface area (Å²) < 4.78 is 0.495. The lowest BCUT2D eigenvalue weighted by atomic mass is 11.6. The van der Waals surface area contributed by atoms with E-state index in [0.717, 1.165) is 0 Å². The van der Waals surface area contributed by atoms with Crippen LogP contribution in [-0.4, -0.2) is 16.3 Å². The minimum atomic E-state index is 0.495. The van der Waals surface area contributed by atoms with Crippen molar-refractivity contribution >= 4 is 29.0 Å². The van der Waals surface area contributed by atoms with Gasteiger partial charge >= 0.3 is 0 Å². The molecule has 0 saturated heterocycles. The lowest BCUT2D eigenvalue weighted by Gasteiger charge is -1.58. The van der Waals surface area contributed by atoms with E-state index in [0.29, 0.717) is 10.5 Å². The van der Waals surface area contributed by atoms with Gasteiger partial charge in [0.05, 0.1) is 0 Å². The van der Waals surface area contributed by atoms with Crippen molar-refractivity contribution < 1.29 is 4.79 Å². The van der Waals surface area contributed by atoms with E-state index in [1.54, 1.807) is 5.51 Å². The maximum absolute atomic E-state index is 8.24. The van der Waals surface area contributed by atoms with Crippen LogP contribution in [0.3, 0.4) is 0 Å². The zero-order valence-corrected chi connectivity index (χ0v) is 5.69. The molecule has 1 aromatic heterocycles. The third-order valence-corrected chi connectivity index (χ3v) is 1.15. The first kappa shape index (κ1) is 8.23. The monoisotopic (exact) mass is 162 g/mol. The Morgan fingerprint density at radius 3 is 2.56 bits per heavy atom. The fraction of sp³-hybridized carbons (Fsp3) is 0.